The molecule has 0 spiro atoms. The third-order valence-electron chi connectivity index (χ3n) is 16.0. The molecule has 0 saturated carbocycles. The van der Waals surface area contributed by atoms with E-state index in [-0.39, 0.29) is 57.0 Å². The van der Waals surface area contributed by atoms with E-state index < -0.39 is 150 Å². The van der Waals surface area contributed by atoms with Gasteiger partial charge in [0.2, 0.25) is 35.4 Å². The molecule has 0 radical (unpaired) electrons. The Morgan fingerprint density at radius 1 is 0.838 bits per heavy atom. The Bertz CT molecular complexity index is 2350. The van der Waals surface area contributed by atoms with Crippen LogP contribution < -0.4 is 20.7 Å². The van der Waals surface area contributed by atoms with Crippen LogP contribution in [-0.4, -0.2) is 190 Å². The van der Waals surface area contributed by atoms with Gasteiger partial charge in [0.05, 0.1) is 31.6 Å². The summed E-state index contributed by atoms with van der Waals surface area (Å²) in [6, 6.07) is -2.18. The lowest BCUT2D eigenvalue weighted by molar-refractivity contribution is -0.163. The van der Waals surface area contributed by atoms with Gasteiger partial charge in [-0.15, -0.1) is 0 Å². The van der Waals surface area contributed by atoms with Gasteiger partial charge in [-0.2, -0.15) is 0 Å². The molecule has 3 aliphatic rings. The predicted octanol–water partition coefficient (Wildman–Crippen LogP) is 2.71. The van der Waals surface area contributed by atoms with E-state index in [0.29, 0.717) is 37.0 Å². The van der Waals surface area contributed by atoms with Crippen molar-refractivity contribution in [3.05, 3.63) is 29.8 Å². The molecule has 0 aliphatic carbocycles. The highest BCUT2D eigenvalue weighted by Gasteiger charge is 2.46. The Hall–Kier alpha value is -6.16. The van der Waals surface area contributed by atoms with Crippen molar-refractivity contribution in [1.82, 2.24) is 35.6 Å². The van der Waals surface area contributed by atoms with E-state index in [1.807, 2.05) is 27.7 Å². The number of benzene rings is 1. The number of cyclic esters (lactones) is 2. The number of nitrogens with one attached hydrogen (secondary N) is 3. The molecule has 4 rings (SSSR count). The van der Waals surface area contributed by atoms with Gasteiger partial charge in [0.25, 0.3) is 5.91 Å². The molecule has 0 bridgehead atoms. The molecular formula is C58H91N7O15. The number of ketones is 1. The van der Waals surface area contributed by atoms with Crippen LogP contribution in [0.1, 0.15) is 140 Å². The Labute approximate surface area is 472 Å². The molecule has 0 aromatic heterocycles. The maximum atomic E-state index is 15.0. The van der Waals surface area contributed by atoms with Crippen molar-refractivity contribution >= 4 is 59.1 Å². The number of carbonyl (C=O) groups excluding carboxylic acids is 10. The Morgan fingerprint density at radius 2 is 1.46 bits per heavy atom. The summed E-state index contributed by atoms with van der Waals surface area (Å²) >= 11 is 0. The summed E-state index contributed by atoms with van der Waals surface area (Å²) in [5.41, 5.74) is 0.572. The van der Waals surface area contributed by atoms with Crippen LogP contribution >= 0.6 is 0 Å². The maximum absolute atomic E-state index is 15.0. The zero-order valence-electron chi connectivity index (χ0n) is 49.5. The number of hydrogen-bond donors (Lipinski definition) is 5. The molecule has 3 aliphatic heterocycles. The molecule has 3 heterocycles. The van der Waals surface area contributed by atoms with Gasteiger partial charge in [0.15, 0.2) is 11.9 Å². The molecule has 22 nitrogen and oxygen atoms in total. The summed E-state index contributed by atoms with van der Waals surface area (Å²) in [6.07, 6.45) is -4.63. The number of carbonyl (C=O) groups is 10. The zero-order chi connectivity index (χ0) is 60.0. The lowest BCUT2D eigenvalue weighted by atomic mass is 9.90. The topological polar surface area (TPSA) is 288 Å². The van der Waals surface area contributed by atoms with Crippen LogP contribution in [0.5, 0.6) is 5.75 Å². The summed E-state index contributed by atoms with van der Waals surface area (Å²) < 4.78 is 17.3. The number of methoxy groups -OCH3 is 1. The molecule has 14 atom stereocenters. The molecule has 6 unspecified atom stereocenters. The fraction of sp³-hybridized carbons (Fsp3) is 0.724. The number of nitrogens with zero attached hydrogens (tertiary/aromatic N) is 4. The van der Waals surface area contributed by atoms with Crippen LogP contribution in [-0.2, 0) is 63.8 Å². The van der Waals surface area contributed by atoms with Crippen molar-refractivity contribution in [1.29, 1.82) is 0 Å². The molecule has 448 valence electrons. The second-order valence-corrected chi connectivity index (χ2v) is 23.1. The van der Waals surface area contributed by atoms with Gasteiger partial charge in [-0.1, -0.05) is 73.9 Å². The standard InChI is InChI=1S/C58H91N7O15/c1-15-33(7)47-45(67)30-46(68)80-50(34(8)16-2)49(69)35(9)51(70)59-40(27-31(3)4)55(74)65-26-18-20-42(65)57(76)63(13)44(29-38-21-23-39(78-14)24-22-38)58(77)79-37(11)48(53(72)60-47)61-52(71)43(28-32(5)6)62(12)56(75)41-19-17-25-64(41)54(73)36(10)66/h21-24,31-37,40-45,47-48,50,66-67H,15-20,25-30H2,1-14H3,(H,59,70)(H,60,72)(H,61,71)/t33-,34?,35-,36-,37+,40?,41-,42-,43+,44?,45-,47?,48?,50?/m0/s1. The van der Waals surface area contributed by atoms with Crippen LogP contribution in [0, 0.1) is 29.6 Å². The van der Waals surface area contributed by atoms with E-state index in [1.165, 1.54) is 61.6 Å². The lowest BCUT2D eigenvalue weighted by Gasteiger charge is -2.36. The summed E-state index contributed by atoms with van der Waals surface area (Å²) in [4.78, 5) is 149. The first kappa shape index (κ1) is 66.4. The highest BCUT2D eigenvalue weighted by Crippen LogP contribution is 2.28. The molecule has 7 amide bonds. The number of aliphatic hydroxyl groups excluding tert-OH is 2. The van der Waals surface area contributed by atoms with E-state index in [1.54, 1.807) is 52.0 Å². The van der Waals surface area contributed by atoms with Gasteiger partial charge in [0, 0.05) is 39.5 Å². The van der Waals surface area contributed by atoms with Crippen molar-refractivity contribution in [2.75, 3.05) is 34.3 Å². The quantitative estimate of drug-likeness (QED) is 0.118. The number of Topliss-reactive ketones (excluding diaryl/α,β-unsaturated/α-hetero) is 1. The first-order valence-corrected chi connectivity index (χ1v) is 28.6. The van der Waals surface area contributed by atoms with Crippen molar-refractivity contribution < 1.29 is 72.4 Å². The molecule has 1 aromatic rings. The summed E-state index contributed by atoms with van der Waals surface area (Å²) in [5.74, 6) is -10.2. The maximum Gasteiger partial charge on any atom is 0.329 e. The monoisotopic (exact) mass is 1130 g/mol. The van der Waals surface area contributed by atoms with Crippen LogP contribution in [0.2, 0.25) is 0 Å². The number of aliphatic hydroxyl groups is 2. The average Bonchev–Trinajstić information content (AvgIpc) is 4.18. The molecule has 3 saturated heterocycles. The zero-order valence-corrected chi connectivity index (χ0v) is 49.5. The Balaban J connectivity index is 1.90. The van der Waals surface area contributed by atoms with Crippen molar-refractivity contribution in [3.8, 4) is 5.75 Å². The number of likely N-dealkylation sites (tertiary alicyclic amines) is 1. The number of hydrogen-bond acceptors (Lipinski definition) is 15. The second-order valence-electron chi connectivity index (χ2n) is 23.1. The largest absolute Gasteiger partial charge is 0.497 e. The summed E-state index contributed by atoms with van der Waals surface area (Å²) in [7, 11) is 4.30. The number of likely N-dealkylation sites (N-methyl/N-ethyl adjacent to an activating group) is 2. The van der Waals surface area contributed by atoms with E-state index in [4.69, 9.17) is 14.2 Å². The number of rotatable bonds is 16. The number of fused-ring (bicyclic) bond motifs is 1. The minimum absolute atomic E-state index is 0.0723. The molecule has 5 N–H and O–H groups in total. The SMILES string of the molecule is CCC(C)C1OC(=O)C[C@H](O)C([C@@H](C)CC)NC(=O)C(NC(=O)[C@@H](CC(C)C)N(C)C(=O)[C@@H]2CCCN2C(=O)[C@H](C)O)[C@@H](C)OC(=O)C(Cc2ccc(OC)cc2)N(C)C(=O)[C@@H]2CCCN2C(=O)C(CC(C)C)NC(=O)[C@@H](C)C1=O. The minimum Gasteiger partial charge on any atom is -0.497 e. The van der Waals surface area contributed by atoms with E-state index in [9.17, 15) is 53.4 Å². The first-order valence-electron chi connectivity index (χ1n) is 28.6. The van der Waals surface area contributed by atoms with Crippen LogP contribution in [0.15, 0.2) is 24.3 Å². The lowest BCUT2D eigenvalue weighted by Crippen LogP contribution is -2.62. The average molecular weight is 1130 g/mol. The van der Waals surface area contributed by atoms with Gasteiger partial charge in [-0.25, -0.2) is 4.79 Å². The smallest absolute Gasteiger partial charge is 0.329 e. The van der Waals surface area contributed by atoms with Crippen molar-refractivity contribution in [2.24, 2.45) is 29.6 Å². The van der Waals surface area contributed by atoms with Gasteiger partial charge in [0.1, 0.15) is 54.2 Å². The highest BCUT2D eigenvalue weighted by molar-refractivity contribution is 6.05. The second kappa shape index (κ2) is 30.1. The Morgan fingerprint density at radius 3 is 2.04 bits per heavy atom. The van der Waals surface area contributed by atoms with E-state index in [2.05, 4.69) is 16.0 Å². The van der Waals surface area contributed by atoms with Crippen LogP contribution in [0.3, 0.4) is 0 Å². The number of esters is 2. The fourth-order valence-corrected chi connectivity index (χ4v) is 10.7. The number of ether oxygens (including phenoxy) is 3. The van der Waals surface area contributed by atoms with Gasteiger partial charge < -0.3 is 60.0 Å². The van der Waals surface area contributed by atoms with Crippen LogP contribution in [0.4, 0.5) is 0 Å². The Kier molecular flexibility index (Phi) is 24.9. The third-order valence-corrected chi connectivity index (χ3v) is 16.0. The summed E-state index contributed by atoms with van der Waals surface area (Å²) in [6.45, 7) is 18.7. The van der Waals surface area contributed by atoms with E-state index in [0.717, 1.165) is 0 Å². The van der Waals surface area contributed by atoms with Crippen molar-refractivity contribution in [2.45, 2.75) is 207 Å². The van der Waals surface area contributed by atoms with Crippen LogP contribution in [0.25, 0.3) is 0 Å². The molecule has 80 heavy (non-hydrogen) atoms. The normalized spacial score (nSPS) is 27.8. The molecule has 22 heteroatoms. The minimum atomic E-state index is -1.76. The highest BCUT2D eigenvalue weighted by atomic mass is 16.6. The first-order chi connectivity index (χ1) is 37.6. The molecule has 1 aromatic carbocycles. The number of amides is 7. The van der Waals surface area contributed by atoms with Crippen molar-refractivity contribution in [3.63, 3.8) is 0 Å². The predicted molar refractivity (Wildman–Crippen MR) is 295 cm³/mol. The third kappa shape index (κ3) is 17.0. The van der Waals surface area contributed by atoms with Gasteiger partial charge in [-0.3, -0.25) is 43.2 Å². The molecular weight excluding hydrogens is 1030 g/mol. The molecule has 3 fully saturated rings. The summed E-state index contributed by atoms with van der Waals surface area (Å²) in [5, 5.41) is 30.3. The fourth-order valence-electron chi connectivity index (χ4n) is 10.7. The van der Waals surface area contributed by atoms with Gasteiger partial charge in [-0.05, 0) is 101 Å². The van der Waals surface area contributed by atoms with E-state index >= 15 is 4.79 Å². The van der Waals surface area contributed by atoms with Gasteiger partial charge >= 0.3 is 11.9 Å².